The summed E-state index contributed by atoms with van der Waals surface area (Å²) in [5, 5.41) is 11.4. The summed E-state index contributed by atoms with van der Waals surface area (Å²) < 4.78 is 10.4. The van der Waals surface area contributed by atoms with Gasteiger partial charge in [0.05, 0.1) is 19.8 Å². The molecule has 182 valence electrons. The predicted molar refractivity (Wildman–Crippen MR) is 134 cm³/mol. The lowest BCUT2D eigenvalue weighted by Gasteiger charge is -2.29. The van der Waals surface area contributed by atoms with Gasteiger partial charge in [-0.1, -0.05) is 18.2 Å². The summed E-state index contributed by atoms with van der Waals surface area (Å²) in [5.74, 6) is 0.410. The zero-order chi connectivity index (χ0) is 23.2. The van der Waals surface area contributed by atoms with E-state index < -0.39 is 0 Å². The fourth-order valence-electron chi connectivity index (χ4n) is 4.49. The number of halogens is 1. The van der Waals surface area contributed by atoms with Crippen LogP contribution in [0.1, 0.15) is 46.8 Å². The summed E-state index contributed by atoms with van der Waals surface area (Å²) in [7, 11) is 0. The zero-order valence-corrected chi connectivity index (χ0v) is 20.3. The first-order chi connectivity index (χ1) is 16.0. The summed E-state index contributed by atoms with van der Waals surface area (Å²) in [6.45, 7) is 4.92. The molecule has 0 aromatic heterocycles. The Morgan fingerprint density at radius 2 is 1.79 bits per heavy atom. The van der Waals surface area contributed by atoms with Crippen LogP contribution in [0.4, 0.5) is 5.69 Å². The standard InChI is InChI=1S/C26H31N3O4.ClH/c1-2-33-24(30)16-18-3-4-19-9-10-23(17-22(19)15-18)28-26(31)21-7-5-20(6-8-21)25(27)29-11-13-32-14-12-29;/h5-10,17-18,27H,2-4,11-16H2,1H3,(H,28,31);1H. The first kappa shape index (κ1) is 25.7. The highest BCUT2D eigenvalue weighted by atomic mass is 35.5. The van der Waals surface area contributed by atoms with Gasteiger partial charge in [0.1, 0.15) is 5.84 Å². The number of carbonyl (C=O) groups is 2. The smallest absolute Gasteiger partial charge is 0.306 e. The maximum Gasteiger partial charge on any atom is 0.306 e. The lowest BCUT2D eigenvalue weighted by molar-refractivity contribution is -0.144. The van der Waals surface area contributed by atoms with Crippen molar-refractivity contribution >= 4 is 35.8 Å². The highest BCUT2D eigenvalue weighted by molar-refractivity contribution is 6.05. The molecular weight excluding hydrogens is 454 g/mol. The molecule has 1 heterocycles. The van der Waals surface area contributed by atoms with E-state index in [1.54, 1.807) is 12.1 Å². The highest BCUT2D eigenvalue weighted by Crippen LogP contribution is 2.30. The molecule has 8 heteroatoms. The van der Waals surface area contributed by atoms with Crippen molar-refractivity contribution in [2.75, 3.05) is 38.2 Å². The van der Waals surface area contributed by atoms with Gasteiger partial charge < -0.3 is 19.7 Å². The maximum absolute atomic E-state index is 12.8. The molecule has 2 aliphatic rings. The quantitative estimate of drug-likeness (QED) is 0.365. The normalized spacial score (nSPS) is 17.2. The Bertz CT molecular complexity index is 1020. The molecule has 2 N–H and O–H groups in total. The Hall–Kier alpha value is -2.90. The molecule has 1 saturated heterocycles. The number of amidine groups is 1. The van der Waals surface area contributed by atoms with Crippen molar-refractivity contribution < 1.29 is 19.1 Å². The summed E-state index contributed by atoms with van der Waals surface area (Å²) in [6.07, 6.45) is 3.17. The van der Waals surface area contributed by atoms with Gasteiger partial charge in [-0.05, 0) is 67.5 Å². The van der Waals surface area contributed by atoms with Crippen LogP contribution in [-0.2, 0) is 27.1 Å². The van der Waals surface area contributed by atoms with Crippen molar-refractivity contribution in [2.24, 2.45) is 5.92 Å². The third kappa shape index (κ3) is 6.36. The van der Waals surface area contributed by atoms with Gasteiger partial charge in [-0.25, -0.2) is 0 Å². The molecule has 0 radical (unpaired) electrons. The fourth-order valence-corrected chi connectivity index (χ4v) is 4.49. The number of rotatable bonds is 6. The number of benzene rings is 2. The van der Waals surface area contributed by atoms with Crippen molar-refractivity contribution in [3.8, 4) is 0 Å². The van der Waals surface area contributed by atoms with Crippen LogP contribution in [0.2, 0.25) is 0 Å². The molecule has 2 aromatic carbocycles. The molecule has 1 aliphatic heterocycles. The second-order valence-corrected chi connectivity index (χ2v) is 8.58. The number of aryl methyl sites for hydroxylation is 1. The molecule has 1 aliphatic carbocycles. The van der Waals surface area contributed by atoms with Crippen molar-refractivity contribution in [3.05, 3.63) is 64.7 Å². The van der Waals surface area contributed by atoms with Gasteiger partial charge in [0.2, 0.25) is 0 Å². The summed E-state index contributed by atoms with van der Waals surface area (Å²) in [4.78, 5) is 26.6. The van der Waals surface area contributed by atoms with Gasteiger partial charge in [-0.15, -0.1) is 12.4 Å². The molecule has 34 heavy (non-hydrogen) atoms. The average Bonchev–Trinajstić information content (AvgIpc) is 2.84. The van der Waals surface area contributed by atoms with Gasteiger partial charge in [0.15, 0.2) is 0 Å². The number of hydrogen-bond acceptors (Lipinski definition) is 5. The van der Waals surface area contributed by atoms with Crippen LogP contribution in [0, 0.1) is 11.3 Å². The fraction of sp³-hybridized carbons (Fsp3) is 0.423. The molecule has 1 fully saturated rings. The Labute approximate surface area is 206 Å². The van der Waals surface area contributed by atoms with Crippen LogP contribution < -0.4 is 5.32 Å². The van der Waals surface area contributed by atoms with Crippen LogP contribution in [0.25, 0.3) is 0 Å². The Balaban J connectivity index is 0.00000324. The number of nitrogens with zero attached hydrogens (tertiary/aromatic N) is 1. The molecular formula is C26H32ClN3O4. The Kier molecular flexibility index (Phi) is 9.07. The summed E-state index contributed by atoms with van der Waals surface area (Å²) in [6, 6.07) is 13.2. The first-order valence-corrected chi connectivity index (χ1v) is 11.6. The number of amides is 1. The molecule has 1 atom stereocenters. The minimum atomic E-state index is -0.182. The summed E-state index contributed by atoms with van der Waals surface area (Å²) >= 11 is 0. The molecule has 2 aromatic rings. The number of anilines is 1. The number of nitrogens with one attached hydrogen (secondary N) is 2. The number of hydrogen-bond donors (Lipinski definition) is 2. The van der Waals surface area contributed by atoms with Crippen LogP contribution in [0.5, 0.6) is 0 Å². The molecule has 0 saturated carbocycles. The van der Waals surface area contributed by atoms with E-state index in [-0.39, 0.29) is 30.2 Å². The molecule has 7 nitrogen and oxygen atoms in total. The van der Waals surface area contributed by atoms with E-state index in [4.69, 9.17) is 14.9 Å². The monoisotopic (exact) mass is 485 g/mol. The number of ether oxygens (including phenoxy) is 2. The van der Waals surface area contributed by atoms with Crippen molar-refractivity contribution in [2.45, 2.75) is 32.6 Å². The second kappa shape index (κ2) is 12.0. The van der Waals surface area contributed by atoms with E-state index in [1.807, 2.05) is 36.1 Å². The van der Waals surface area contributed by atoms with Crippen molar-refractivity contribution in [1.29, 1.82) is 5.41 Å². The van der Waals surface area contributed by atoms with E-state index in [0.717, 1.165) is 30.5 Å². The van der Waals surface area contributed by atoms with Crippen LogP contribution in [0.3, 0.4) is 0 Å². The lowest BCUT2D eigenvalue weighted by atomic mass is 9.82. The van der Waals surface area contributed by atoms with Crippen molar-refractivity contribution in [3.63, 3.8) is 0 Å². The molecule has 0 bridgehead atoms. The maximum atomic E-state index is 12.8. The Morgan fingerprint density at radius 1 is 1.09 bits per heavy atom. The number of morpholine rings is 1. The molecule has 4 rings (SSSR count). The van der Waals surface area contributed by atoms with E-state index in [0.29, 0.717) is 50.7 Å². The highest BCUT2D eigenvalue weighted by Gasteiger charge is 2.22. The van der Waals surface area contributed by atoms with Crippen molar-refractivity contribution in [1.82, 2.24) is 4.90 Å². The van der Waals surface area contributed by atoms with E-state index in [1.165, 1.54) is 11.1 Å². The first-order valence-electron chi connectivity index (χ1n) is 11.6. The van der Waals surface area contributed by atoms with Gasteiger partial charge in [-0.2, -0.15) is 0 Å². The van der Waals surface area contributed by atoms with E-state index in [9.17, 15) is 9.59 Å². The Morgan fingerprint density at radius 3 is 2.50 bits per heavy atom. The molecule has 0 spiro atoms. The number of carbonyl (C=O) groups excluding carboxylic acids is 2. The minimum absolute atomic E-state index is 0. The summed E-state index contributed by atoms with van der Waals surface area (Å²) in [5.41, 5.74) is 4.55. The number of fused-ring (bicyclic) bond motifs is 1. The van der Waals surface area contributed by atoms with E-state index in [2.05, 4.69) is 11.4 Å². The SMILES string of the molecule is CCOC(=O)CC1CCc2ccc(NC(=O)c3ccc(C(=N)N4CCOCC4)cc3)cc2C1.Cl. The van der Waals surface area contributed by atoms with Crippen LogP contribution in [0.15, 0.2) is 42.5 Å². The van der Waals surface area contributed by atoms with Crippen LogP contribution >= 0.6 is 12.4 Å². The van der Waals surface area contributed by atoms with E-state index >= 15 is 0 Å². The zero-order valence-electron chi connectivity index (χ0n) is 19.5. The topological polar surface area (TPSA) is 91.7 Å². The minimum Gasteiger partial charge on any atom is -0.466 e. The van der Waals surface area contributed by atoms with Gasteiger partial charge in [0.25, 0.3) is 5.91 Å². The predicted octanol–water partition coefficient (Wildman–Crippen LogP) is 4.08. The molecule has 1 amide bonds. The van der Waals surface area contributed by atoms with Gasteiger partial charge >= 0.3 is 5.97 Å². The van der Waals surface area contributed by atoms with Gasteiger partial charge in [-0.3, -0.25) is 15.0 Å². The second-order valence-electron chi connectivity index (χ2n) is 8.58. The third-order valence-electron chi connectivity index (χ3n) is 6.30. The lowest BCUT2D eigenvalue weighted by Crippen LogP contribution is -2.40. The molecule has 1 unspecified atom stereocenters. The van der Waals surface area contributed by atoms with Gasteiger partial charge in [0, 0.05) is 36.3 Å². The van der Waals surface area contributed by atoms with Crippen LogP contribution in [-0.4, -0.2) is 55.5 Å². The average molecular weight is 486 g/mol. The number of esters is 1. The largest absolute Gasteiger partial charge is 0.466 e. The third-order valence-corrected chi connectivity index (χ3v) is 6.30.